The first-order valence-corrected chi connectivity index (χ1v) is 8.27. The van der Waals surface area contributed by atoms with Crippen LogP contribution in [0.1, 0.15) is 22.5 Å². The van der Waals surface area contributed by atoms with E-state index in [1.54, 1.807) is 6.20 Å². The van der Waals surface area contributed by atoms with Crippen LogP contribution in [0.4, 0.5) is 4.39 Å². The quantitative estimate of drug-likeness (QED) is 0.490. The number of halogens is 1. The molecule has 1 N–H and O–H groups in total. The Bertz CT molecular complexity index is 1000. The van der Waals surface area contributed by atoms with Crippen LogP contribution in [0.5, 0.6) is 0 Å². The summed E-state index contributed by atoms with van der Waals surface area (Å²) in [5.41, 5.74) is 5.15. The Labute approximate surface area is 145 Å². The highest BCUT2D eigenvalue weighted by molar-refractivity contribution is 5.85. The number of aromatic amines is 1. The van der Waals surface area contributed by atoms with Gasteiger partial charge in [0.2, 0.25) is 0 Å². The Hall–Kier alpha value is -3.20. The molecule has 0 saturated heterocycles. The van der Waals surface area contributed by atoms with Crippen molar-refractivity contribution in [1.82, 2.24) is 9.97 Å². The molecule has 1 aliphatic rings. The zero-order chi connectivity index (χ0) is 16.9. The fourth-order valence-corrected chi connectivity index (χ4v) is 4.11. The minimum atomic E-state index is -0.565. The molecule has 3 aromatic carbocycles. The van der Waals surface area contributed by atoms with Gasteiger partial charge in [0, 0.05) is 12.4 Å². The number of imidazole rings is 1. The van der Waals surface area contributed by atoms with Crippen molar-refractivity contribution >= 4 is 0 Å². The molecule has 0 amide bonds. The normalized spacial score (nSPS) is 14.1. The lowest BCUT2D eigenvalue weighted by Gasteiger charge is -2.31. The number of fused-ring (bicyclic) bond motifs is 3. The van der Waals surface area contributed by atoms with Crippen LogP contribution in [-0.2, 0) is 5.41 Å². The second kappa shape index (κ2) is 5.15. The molecule has 0 fully saturated rings. The lowest BCUT2D eigenvalue weighted by Crippen LogP contribution is -2.30. The van der Waals surface area contributed by atoms with E-state index >= 15 is 0 Å². The van der Waals surface area contributed by atoms with Gasteiger partial charge in [0.25, 0.3) is 0 Å². The van der Waals surface area contributed by atoms with E-state index in [2.05, 4.69) is 46.4 Å². The zero-order valence-corrected chi connectivity index (χ0v) is 13.4. The molecule has 0 spiro atoms. The van der Waals surface area contributed by atoms with Crippen LogP contribution < -0.4 is 0 Å². The second-order valence-corrected chi connectivity index (χ2v) is 6.29. The largest absolute Gasteiger partial charge is 0.347 e. The Morgan fingerprint density at radius 3 is 1.92 bits per heavy atom. The molecule has 1 aliphatic carbocycles. The Morgan fingerprint density at radius 2 is 1.36 bits per heavy atom. The van der Waals surface area contributed by atoms with Gasteiger partial charge in [0.1, 0.15) is 17.1 Å². The van der Waals surface area contributed by atoms with E-state index in [-0.39, 0.29) is 5.82 Å². The van der Waals surface area contributed by atoms with Crippen molar-refractivity contribution in [3.8, 4) is 11.1 Å². The minimum Gasteiger partial charge on any atom is -0.347 e. The van der Waals surface area contributed by atoms with Crippen LogP contribution in [0, 0.1) is 5.82 Å². The Balaban J connectivity index is 1.96. The topological polar surface area (TPSA) is 28.7 Å². The van der Waals surface area contributed by atoms with E-state index in [0.717, 1.165) is 22.5 Å². The van der Waals surface area contributed by atoms with Crippen molar-refractivity contribution in [3.05, 3.63) is 114 Å². The average Bonchev–Trinajstić information content (AvgIpc) is 3.28. The van der Waals surface area contributed by atoms with Crippen LogP contribution in [0.2, 0.25) is 0 Å². The number of aromatic nitrogens is 2. The molecule has 5 rings (SSSR count). The fraction of sp³-hybridized carbons (Fsp3) is 0.0455. The van der Waals surface area contributed by atoms with Gasteiger partial charge in [-0.3, -0.25) is 0 Å². The van der Waals surface area contributed by atoms with Crippen molar-refractivity contribution in [2.45, 2.75) is 5.41 Å². The SMILES string of the molecule is Fc1ccc(C2(c3ncc[nH]3)c3ccccc3-c3ccccc32)cc1. The number of benzene rings is 3. The predicted molar refractivity (Wildman–Crippen MR) is 95.8 cm³/mol. The van der Waals surface area contributed by atoms with Crippen LogP contribution >= 0.6 is 0 Å². The van der Waals surface area contributed by atoms with Crippen molar-refractivity contribution in [2.75, 3.05) is 0 Å². The number of rotatable bonds is 2. The van der Waals surface area contributed by atoms with Crippen molar-refractivity contribution in [3.63, 3.8) is 0 Å². The molecular formula is C22H15FN2. The highest BCUT2D eigenvalue weighted by Gasteiger charge is 2.47. The zero-order valence-electron chi connectivity index (χ0n) is 13.4. The van der Waals surface area contributed by atoms with E-state index in [4.69, 9.17) is 0 Å². The lowest BCUT2D eigenvalue weighted by molar-refractivity contribution is 0.623. The first-order valence-electron chi connectivity index (χ1n) is 8.27. The molecule has 25 heavy (non-hydrogen) atoms. The van der Waals surface area contributed by atoms with Gasteiger partial charge in [-0.1, -0.05) is 60.7 Å². The van der Waals surface area contributed by atoms with Gasteiger partial charge in [-0.25, -0.2) is 9.37 Å². The van der Waals surface area contributed by atoms with Crippen LogP contribution in [-0.4, -0.2) is 9.97 Å². The summed E-state index contributed by atoms with van der Waals surface area (Å²) in [6.45, 7) is 0. The summed E-state index contributed by atoms with van der Waals surface area (Å²) in [5.74, 6) is 0.606. The van der Waals surface area contributed by atoms with E-state index in [0.29, 0.717) is 0 Å². The monoisotopic (exact) mass is 326 g/mol. The van der Waals surface area contributed by atoms with Gasteiger partial charge in [-0.2, -0.15) is 0 Å². The lowest BCUT2D eigenvalue weighted by atomic mass is 9.72. The number of hydrogen-bond acceptors (Lipinski definition) is 1. The summed E-state index contributed by atoms with van der Waals surface area (Å²) in [5, 5.41) is 0. The molecule has 0 radical (unpaired) electrons. The van der Waals surface area contributed by atoms with Gasteiger partial charge in [-0.15, -0.1) is 0 Å². The Morgan fingerprint density at radius 1 is 0.760 bits per heavy atom. The maximum Gasteiger partial charge on any atom is 0.125 e. The molecule has 4 aromatic rings. The van der Waals surface area contributed by atoms with E-state index in [1.807, 2.05) is 30.5 Å². The summed E-state index contributed by atoms with van der Waals surface area (Å²) in [7, 11) is 0. The van der Waals surface area contributed by atoms with Crippen molar-refractivity contribution < 1.29 is 4.39 Å². The summed E-state index contributed by atoms with van der Waals surface area (Å²) in [4.78, 5) is 7.93. The molecular weight excluding hydrogens is 311 g/mol. The third kappa shape index (κ3) is 1.81. The van der Waals surface area contributed by atoms with Gasteiger partial charge in [0.05, 0.1) is 0 Å². The molecule has 0 atom stereocenters. The highest BCUT2D eigenvalue weighted by atomic mass is 19.1. The van der Waals surface area contributed by atoms with E-state index in [9.17, 15) is 4.39 Å². The number of H-pyrrole nitrogens is 1. The number of nitrogens with zero attached hydrogens (tertiary/aromatic N) is 1. The highest BCUT2D eigenvalue weighted by Crippen LogP contribution is 2.54. The molecule has 3 heteroatoms. The Kier molecular flexibility index (Phi) is 2.92. The van der Waals surface area contributed by atoms with Gasteiger partial charge in [-0.05, 0) is 39.9 Å². The minimum absolute atomic E-state index is 0.238. The standard InChI is InChI=1S/C22H15FN2/c23-16-11-9-15(10-12-16)22(21-24-13-14-25-21)19-7-3-1-5-17(19)18-6-2-4-8-20(18)22/h1-14H,(H,24,25). The molecule has 2 nitrogen and oxygen atoms in total. The molecule has 0 bridgehead atoms. The molecule has 0 unspecified atom stereocenters. The molecule has 1 aromatic heterocycles. The average molecular weight is 326 g/mol. The van der Waals surface area contributed by atoms with Gasteiger partial charge in [0.15, 0.2) is 0 Å². The second-order valence-electron chi connectivity index (χ2n) is 6.29. The maximum atomic E-state index is 13.6. The third-order valence-electron chi connectivity index (χ3n) is 5.08. The van der Waals surface area contributed by atoms with Gasteiger partial charge < -0.3 is 4.98 Å². The predicted octanol–water partition coefficient (Wildman–Crippen LogP) is 4.91. The fourth-order valence-electron chi connectivity index (χ4n) is 4.11. The summed E-state index contributed by atoms with van der Waals surface area (Å²) >= 11 is 0. The van der Waals surface area contributed by atoms with E-state index < -0.39 is 5.41 Å². The summed E-state index contributed by atoms with van der Waals surface area (Å²) < 4.78 is 13.6. The maximum absolute atomic E-state index is 13.6. The van der Waals surface area contributed by atoms with E-state index in [1.165, 1.54) is 23.3 Å². The summed E-state index contributed by atoms with van der Waals surface area (Å²) in [6, 6.07) is 23.5. The first-order chi connectivity index (χ1) is 12.3. The summed E-state index contributed by atoms with van der Waals surface area (Å²) in [6.07, 6.45) is 3.61. The molecule has 0 saturated carbocycles. The molecule has 120 valence electrons. The smallest absolute Gasteiger partial charge is 0.125 e. The molecule has 1 heterocycles. The van der Waals surface area contributed by atoms with Crippen molar-refractivity contribution in [1.29, 1.82) is 0 Å². The first kappa shape index (κ1) is 14.2. The third-order valence-corrected chi connectivity index (χ3v) is 5.08. The number of nitrogens with one attached hydrogen (secondary N) is 1. The molecule has 0 aliphatic heterocycles. The van der Waals surface area contributed by atoms with Crippen LogP contribution in [0.25, 0.3) is 11.1 Å². The number of hydrogen-bond donors (Lipinski definition) is 1. The van der Waals surface area contributed by atoms with Crippen LogP contribution in [0.15, 0.2) is 85.2 Å². The van der Waals surface area contributed by atoms with Gasteiger partial charge >= 0.3 is 0 Å². The van der Waals surface area contributed by atoms with Crippen LogP contribution in [0.3, 0.4) is 0 Å². The van der Waals surface area contributed by atoms with Crippen molar-refractivity contribution in [2.24, 2.45) is 0 Å².